The van der Waals surface area contributed by atoms with E-state index in [1.807, 2.05) is 30.0 Å². The van der Waals surface area contributed by atoms with Gasteiger partial charge in [0.05, 0.1) is 11.3 Å². The van der Waals surface area contributed by atoms with Crippen molar-refractivity contribution >= 4 is 33.4 Å². The number of hydrogen-bond acceptors (Lipinski definition) is 3. The van der Waals surface area contributed by atoms with Crippen LogP contribution in [0, 0.1) is 11.3 Å². The van der Waals surface area contributed by atoms with Gasteiger partial charge < -0.3 is 4.90 Å². The number of nitrogens with zero attached hydrogens (tertiary/aromatic N) is 2. The fourth-order valence-electron chi connectivity index (χ4n) is 1.87. The summed E-state index contributed by atoms with van der Waals surface area (Å²) < 4.78 is 0.893. The molecule has 0 amide bonds. The Hall–Kier alpha value is -0.660. The number of rotatable bonds is 1. The average molecular weight is 297 g/mol. The summed E-state index contributed by atoms with van der Waals surface area (Å²) in [6.45, 7) is 2.09. The molecule has 0 radical (unpaired) electrons. The van der Waals surface area contributed by atoms with Crippen LogP contribution in [0.25, 0.3) is 0 Å². The summed E-state index contributed by atoms with van der Waals surface area (Å²) in [6, 6.07) is 8.25. The van der Waals surface area contributed by atoms with Crippen LogP contribution in [0.4, 0.5) is 5.69 Å². The molecular weight excluding hydrogens is 284 g/mol. The quantitative estimate of drug-likeness (QED) is 0.796. The Kier molecular flexibility index (Phi) is 4.14. The molecule has 0 aliphatic carbocycles. The second-order valence-corrected chi connectivity index (χ2v) is 5.78. The largest absolute Gasteiger partial charge is 0.370 e. The Labute approximate surface area is 109 Å². The first-order valence-electron chi connectivity index (χ1n) is 5.34. The van der Waals surface area contributed by atoms with E-state index in [4.69, 9.17) is 0 Å². The Balaban J connectivity index is 2.31. The van der Waals surface area contributed by atoms with Crippen molar-refractivity contribution in [1.82, 2.24) is 0 Å². The fourth-order valence-corrected chi connectivity index (χ4v) is 3.21. The van der Waals surface area contributed by atoms with E-state index in [2.05, 4.69) is 26.9 Å². The highest BCUT2D eigenvalue weighted by Crippen LogP contribution is 2.28. The maximum absolute atomic E-state index is 9.19. The van der Waals surface area contributed by atoms with Gasteiger partial charge in [-0.2, -0.15) is 17.0 Å². The summed E-state index contributed by atoms with van der Waals surface area (Å²) in [6.07, 6.45) is 1.20. The predicted molar refractivity (Wildman–Crippen MR) is 73.0 cm³/mol. The van der Waals surface area contributed by atoms with Gasteiger partial charge in [0.2, 0.25) is 0 Å². The molecule has 0 atom stereocenters. The number of benzene rings is 1. The third kappa shape index (κ3) is 2.53. The Morgan fingerprint density at radius 2 is 2.19 bits per heavy atom. The number of thioether (sulfide) groups is 1. The molecule has 84 valence electrons. The molecule has 0 saturated carbocycles. The minimum absolute atomic E-state index is 0.759. The topological polar surface area (TPSA) is 27.0 Å². The van der Waals surface area contributed by atoms with Crippen LogP contribution >= 0.6 is 27.7 Å². The summed E-state index contributed by atoms with van der Waals surface area (Å²) in [4.78, 5) is 2.32. The van der Waals surface area contributed by atoms with Crippen molar-refractivity contribution in [2.45, 2.75) is 6.42 Å². The van der Waals surface area contributed by atoms with Crippen molar-refractivity contribution in [3.05, 3.63) is 28.2 Å². The summed E-state index contributed by atoms with van der Waals surface area (Å²) in [5.41, 5.74) is 1.83. The van der Waals surface area contributed by atoms with Crippen LogP contribution in [-0.2, 0) is 0 Å². The highest BCUT2D eigenvalue weighted by Gasteiger charge is 2.14. The Morgan fingerprint density at radius 1 is 1.31 bits per heavy atom. The third-order valence-corrected chi connectivity index (χ3v) is 4.38. The van der Waals surface area contributed by atoms with Crippen LogP contribution in [0.3, 0.4) is 0 Å². The van der Waals surface area contributed by atoms with Crippen molar-refractivity contribution in [3.8, 4) is 6.07 Å². The van der Waals surface area contributed by atoms with E-state index in [0.717, 1.165) is 34.6 Å². The lowest BCUT2D eigenvalue weighted by Gasteiger charge is -2.23. The minimum atomic E-state index is 0.759. The molecule has 2 nitrogen and oxygen atoms in total. The molecule has 1 saturated heterocycles. The van der Waals surface area contributed by atoms with E-state index >= 15 is 0 Å². The van der Waals surface area contributed by atoms with Gasteiger partial charge in [-0.05, 0) is 40.2 Å². The van der Waals surface area contributed by atoms with Crippen LogP contribution in [0.5, 0.6) is 0 Å². The lowest BCUT2D eigenvalue weighted by molar-refractivity contribution is 0.814. The maximum Gasteiger partial charge on any atom is 0.103 e. The number of anilines is 1. The second-order valence-electron chi connectivity index (χ2n) is 3.70. The van der Waals surface area contributed by atoms with Gasteiger partial charge in [0.15, 0.2) is 0 Å². The SMILES string of the molecule is N#Cc1c(Br)cccc1N1CCCSCC1. The van der Waals surface area contributed by atoms with Gasteiger partial charge in [-0.1, -0.05) is 6.07 Å². The Morgan fingerprint density at radius 3 is 3.00 bits per heavy atom. The van der Waals surface area contributed by atoms with Crippen LogP contribution in [-0.4, -0.2) is 24.6 Å². The Bertz CT molecular complexity index is 406. The average Bonchev–Trinajstić information content (AvgIpc) is 2.57. The van der Waals surface area contributed by atoms with Gasteiger partial charge in [-0.3, -0.25) is 0 Å². The third-order valence-electron chi connectivity index (χ3n) is 2.67. The van der Waals surface area contributed by atoms with E-state index in [0.29, 0.717) is 0 Å². The molecule has 1 heterocycles. The molecule has 0 spiro atoms. The van der Waals surface area contributed by atoms with Crippen LogP contribution in [0.2, 0.25) is 0 Å². The minimum Gasteiger partial charge on any atom is -0.370 e. The lowest BCUT2D eigenvalue weighted by atomic mass is 10.1. The van der Waals surface area contributed by atoms with E-state index in [1.54, 1.807) is 0 Å². The summed E-state index contributed by atoms with van der Waals surface area (Å²) in [5.74, 6) is 2.38. The first-order valence-corrected chi connectivity index (χ1v) is 7.29. The standard InChI is InChI=1S/C12H13BrN2S/c13-11-3-1-4-12(10(11)9-14)15-5-2-7-16-8-6-15/h1,3-4H,2,5-8H2. The molecule has 0 N–H and O–H groups in total. The first kappa shape index (κ1) is 11.8. The van der Waals surface area contributed by atoms with Gasteiger partial charge in [0.25, 0.3) is 0 Å². The number of halogens is 1. The summed E-state index contributed by atoms with van der Waals surface area (Å²) >= 11 is 5.43. The zero-order chi connectivity index (χ0) is 11.4. The van der Waals surface area contributed by atoms with Crippen LogP contribution in [0.15, 0.2) is 22.7 Å². The normalized spacial score (nSPS) is 16.6. The van der Waals surface area contributed by atoms with Gasteiger partial charge >= 0.3 is 0 Å². The van der Waals surface area contributed by atoms with Gasteiger partial charge in [0, 0.05) is 23.3 Å². The maximum atomic E-state index is 9.19. The number of nitriles is 1. The molecule has 0 aromatic heterocycles. The summed E-state index contributed by atoms with van der Waals surface area (Å²) in [5, 5.41) is 9.19. The van der Waals surface area contributed by atoms with Crippen molar-refractivity contribution in [2.24, 2.45) is 0 Å². The van der Waals surface area contributed by atoms with Gasteiger partial charge in [-0.25, -0.2) is 0 Å². The molecule has 0 unspecified atom stereocenters. The number of hydrogen-bond donors (Lipinski definition) is 0. The van der Waals surface area contributed by atoms with Crippen molar-refractivity contribution in [2.75, 3.05) is 29.5 Å². The highest BCUT2D eigenvalue weighted by atomic mass is 79.9. The highest BCUT2D eigenvalue weighted by molar-refractivity contribution is 9.10. The van der Waals surface area contributed by atoms with Crippen molar-refractivity contribution < 1.29 is 0 Å². The molecule has 1 aliphatic heterocycles. The van der Waals surface area contributed by atoms with E-state index in [-0.39, 0.29) is 0 Å². The molecule has 2 rings (SSSR count). The van der Waals surface area contributed by atoms with E-state index < -0.39 is 0 Å². The van der Waals surface area contributed by atoms with Crippen LogP contribution in [0.1, 0.15) is 12.0 Å². The zero-order valence-corrected chi connectivity index (χ0v) is 11.4. The van der Waals surface area contributed by atoms with Gasteiger partial charge in [-0.15, -0.1) is 0 Å². The second kappa shape index (κ2) is 5.60. The first-order chi connectivity index (χ1) is 7.83. The van der Waals surface area contributed by atoms with E-state index in [9.17, 15) is 5.26 Å². The van der Waals surface area contributed by atoms with Crippen molar-refractivity contribution in [3.63, 3.8) is 0 Å². The monoisotopic (exact) mass is 296 g/mol. The summed E-state index contributed by atoms with van der Waals surface area (Å²) in [7, 11) is 0. The van der Waals surface area contributed by atoms with Crippen molar-refractivity contribution in [1.29, 1.82) is 5.26 Å². The van der Waals surface area contributed by atoms with E-state index in [1.165, 1.54) is 12.2 Å². The van der Waals surface area contributed by atoms with Gasteiger partial charge in [0.1, 0.15) is 6.07 Å². The molecule has 1 aromatic carbocycles. The molecule has 1 fully saturated rings. The predicted octanol–water partition coefficient (Wildman–Crippen LogP) is 3.26. The molecule has 16 heavy (non-hydrogen) atoms. The smallest absolute Gasteiger partial charge is 0.103 e. The zero-order valence-electron chi connectivity index (χ0n) is 8.95. The lowest BCUT2D eigenvalue weighted by Crippen LogP contribution is -2.26. The molecule has 4 heteroatoms. The molecule has 1 aliphatic rings. The van der Waals surface area contributed by atoms with Crippen LogP contribution < -0.4 is 4.90 Å². The molecule has 1 aromatic rings. The molecular formula is C12H13BrN2S. The fraction of sp³-hybridized carbons (Fsp3) is 0.417. The molecule has 0 bridgehead atoms.